The van der Waals surface area contributed by atoms with Gasteiger partial charge in [0.05, 0.1) is 6.20 Å². The molecule has 0 spiro atoms. The maximum Gasteiger partial charge on any atom is 0.281 e. The number of carbonyl (C=O) groups excluding carboxylic acids is 1. The molecule has 1 aliphatic rings. The molecule has 5 rings (SSSR count). The van der Waals surface area contributed by atoms with E-state index < -0.39 is 0 Å². The fourth-order valence-corrected chi connectivity index (χ4v) is 3.27. The van der Waals surface area contributed by atoms with Gasteiger partial charge >= 0.3 is 0 Å². The lowest BCUT2D eigenvalue weighted by Crippen LogP contribution is -2.25. The zero-order valence-electron chi connectivity index (χ0n) is 16.9. The van der Waals surface area contributed by atoms with Crippen molar-refractivity contribution in [2.24, 2.45) is 0 Å². The second kappa shape index (κ2) is 7.27. The van der Waals surface area contributed by atoms with Crippen molar-refractivity contribution in [1.29, 1.82) is 0 Å². The van der Waals surface area contributed by atoms with Gasteiger partial charge in [-0.25, -0.2) is 9.97 Å². The van der Waals surface area contributed by atoms with Crippen LogP contribution in [0.5, 0.6) is 0 Å². The van der Waals surface area contributed by atoms with Crippen molar-refractivity contribution in [2.45, 2.75) is 25.8 Å². The van der Waals surface area contributed by atoms with Crippen LogP contribution in [0.1, 0.15) is 28.9 Å². The van der Waals surface area contributed by atoms with Gasteiger partial charge in [-0.2, -0.15) is 9.61 Å². The summed E-state index contributed by atoms with van der Waals surface area (Å²) in [5, 5.41) is 13.3. The Morgan fingerprint density at radius 2 is 2.16 bits per heavy atom. The van der Waals surface area contributed by atoms with E-state index in [0.717, 1.165) is 12.8 Å². The molecule has 11 nitrogen and oxygen atoms in total. The minimum atomic E-state index is -0.324. The summed E-state index contributed by atoms with van der Waals surface area (Å²) in [7, 11) is 1.74. The number of rotatable bonds is 6. The molecule has 0 saturated heterocycles. The lowest BCUT2D eigenvalue weighted by molar-refractivity contribution is 0.0952. The Balaban J connectivity index is 1.54. The molecule has 1 amide bonds. The lowest BCUT2D eigenvalue weighted by Gasteiger charge is -2.11. The number of aryl methyl sites for hydroxylation is 1. The van der Waals surface area contributed by atoms with E-state index in [1.54, 1.807) is 42.9 Å². The fraction of sp³-hybridized carbons (Fsp3) is 0.250. The number of pyridine rings is 1. The lowest BCUT2D eigenvalue weighted by atomic mass is 10.3. The molecule has 4 aromatic rings. The van der Waals surface area contributed by atoms with Crippen molar-refractivity contribution in [3.8, 4) is 5.88 Å². The van der Waals surface area contributed by atoms with Gasteiger partial charge in [-0.15, -0.1) is 0 Å². The molecule has 0 radical (unpaired) electrons. The van der Waals surface area contributed by atoms with E-state index in [9.17, 15) is 9.59 Å². The summed E-state index contributed by atoms with van der Waals surface area (Å²) in [5.41, 5.74) is 1.32. The topological polar surface area (TPSA) is 131 Å². The summed E-state index contributed by atoms with van der Waals surface area (Å²) < 4.78 is 8.26. The van der Waals surface area contributed by atoms with Crippen LogP contribution in [0.25, 0.3) is 11.5 Å². The van der Waals surface area contributed by atoms with Crippen molar-refractivity contribution in [3.05, 3.63) is 58.6 Å². The predicted molar refractivity (Wildman–Crippen MR) is 113 cm³/mol. The Kier molecular flexibility index (Phi) is 4.42. The van der Waals surface area contributed by atoms with Gasteiger partial charge in [0.15, 0.2) is 12.0 Å². The minimum absolute atomic E-state index is 0.216. The van der Waals surface area contributed by atoms with Crippen molar-refractivity contribution in [3.63, 3.8) is 0 Å². The molecule has 0 atom stereocenters. The van der Waals surface area contributed by atoms with Crippen LogP contribution in [0.3, 0.4) is 0 Å². The quantitative estimate of drug-likeness (QED) is 0.431. The van der Waals surface area contributed by atoms with Gasteiger partial charge in [-0.3, -0.25) is 14.2 Å². The van der Waals surface area contributed by atoms with Crippen LogP contribution >= 0.6 is 0 Å². The summed E-state index contributed by atoms with van der Waals surface area (Å²) in [4.78, 5) is 34.1. The first-order chi connectivity index (χ1) is 15.0. The summed E-state index contributed by atoms with van der Waals surface area (Å²) in [5.74, 6) is 1.14. The second-order valence-electron chi connectivity index (χ2n) is 7.28. The van der Waals surface area contributed by atoms with Crippen LogP contribution < -0.4 is 21.5 Å². The highest BCUT2D eigenvalue weighted by molar-refractivity contribution is 6.00. The number of anilines is 3. The predicted octanol–water partition coefficient (Wildman–Crippen LogP) is 1.85. The van der Waals surface area contributed by atoms with Gasteiger partial charge in [0.25, 0.3) is 11.5 Å². The third kappa shape index (κ3) is 3.39. The van der Waals surface area contributed by atoms with Crippen molar-refractivity contribution >= 4 is 28.9 Å². The van der Waals surface area contributed by atoms with E-state index in [1.807, 2.05) is 0 Å². The van der Waals surface area contributed by atoms with Crippen LogP contribution in [0.2, 0.25) is 0 Å². The Morgan fingerprint density at radius 1 is 1.32 bits per heavy atom. The Morgan fingerprint density at radius 3 is 2.87 bits per heavy atom. The first-order valence-electron chi connectivity index (χ1n) is 9.81. The van der Waals surface area contributed by atoms with Crippen LogP contribution in [0.4, 0.5) is 17.3 Å². The number of hydrogen-bond acceptors (Lipinski definition) is 8. The summed E-state index contributed by atoms with van der Waals surface area (Å²) in [6, 6.07) is 5.29. The highest BCUT2D eigenvalue weighted by atomic mass is 16.4. The number of nitrogens with one attached hydrogen (secondary N) is 3. The molecule has 1 saturated carbocycles. The van der Waals surface area contributed by atoms with Gasteiger partial charge in [0.2, 0.25) is 5.88 Å². The second-order valence-corrected chi connectivity index (χ2v) is 7.28. The number of aromatic nitrogens is 5. The van der Waals surface area contributed by atoms with Crippen LogP contribution in [0.15, 0.2) is 46.2 Å². The molecule has 1 fully saturated rings. The number of hydrogen-bond donors (Lipinski definition) is 3. The third-order valence-electron chi connectivity index (χ3n) is 5.03. The standard InChI is InChI=1S/C20H20N8O3/c1-11-20(31-10-22-11)27-7-3-4-14(19(27)30)25-15-8-16(21-2)28-17(26-15)13(9-23-28)18(29)24-12-5-6-12/h3-4,7-10,12,21H,5-6H2,1-2H3,(H,24,29)(H,25,26). The van der Waals surface area contributed by atoms with Crippen molar-refractivity contribution in [1.82, 2.24) is 29.5 Å². The number of nitrogens with zero attached hydrogens (tertiary/aromatic N) is 5. The monoisotopic (exact) mass is 420 g/mol. The Hall–Kier alpha value is -4.15. The first-order valence-corrected chi connectivity index (χ1v) is 9.81. The minimum Gasteiger partial charge on any atom is -0.427 e. The third-order valence-corrected chi connectivity index (χ3v) is 5.03. The van der Waals surface area contributed by atoms with Gasteiger partial charge in [0.1, 0.15) is 28.6 Å². The van der Waals surface area contributed by atoms with Crippen LogP contribution in [0, 0.1) is 6.92 Å². The zero-order valence-corrected chi connectivity index (χ0v) is 16.9. The zero-order chi connectivity index (χ0) is 21.5. The molecule has 0 unspecified atom stereocenters. The molecule has 0 aliphatic heterocycles. The van der Waals surface area contributed by atoms with Gasteiger partial charge in [0, 0.05) is 25.4 Å². The molecule has 158 valence electrons. The van der Waals surface area contributed by atoms with Crippen LogP contribution in [-0.2, 0) is 0 Å². The number of carbonyl (C=O) groups is 1. The molecular weight excluding hydrogens is 400 g/mol. The Labute approximate surface area is 176 Å². The average molecular weight is 420 g/mol. The highest BCUT2D eigenvalue weighted by Crippen LogP contribution is 2.23. The summed E-state index contributed by atoms with van der Waals surface area (Å²) >= 11 is 0. The highest BCUT2D eigenvalue weighted by Gasteiger charge is 2.26. The summed E-state index contributed by atoms with van der Waals surface area (Å²) in [6.07, 6.45) is 6.36. The normalized spacial score (nSPS) is 13.4. The first kappa shape index (κ1) is 18.9. The smallest absolute Gasteiger partial charge is 0.281 e. The molecule has 1 aliphatic carbocycles. The maximum absolute atomic E-state index is 13.0. The molecule has 0 aromatic carbocycles. The molecule has 0 bridgehead atoms. The van der Waals surface area contributed by atoms with Crippen molar-refractivity contribution < 1.29 is 9.21 Å². The SMILES string of the molecule is CNc1cc(Nc2cccn(-c3ocnc3C)c2=O)nc2c(C(=O)NC3CC3)cnn12. The van der Waals surface area contributed by atoms with Crippen LogP contribution in [-0.4, -0.2) is 43.1 Å². The molecule has 11 heteroatoms. The van der Waals surface area contributed by atoms with E-state index in [4.69, 9.17) is 4.42 Å². The fourth-order valence-electron chi connectivity index (χ4n) is 3.27. The van der Waals surface area contributed by atoms with E-state index in [2.05, 4.69) is 31.0 Å². The van der Waals surface area contributed by atoms with Gasteiger partial charge < -0.3 is 20.4 Å². The molecule has 4 aromatic heterocycles. The Bertz CT molecular complexity index is 1350. The van der Waals surface area contributed by atoms with E-state index in [1.165, 1.54) is 17.2 Å². The van der Waals surface area contributed by atoms with Crippen molar-refractivity contribution in [2.75, 3.05) is 17.7 Å². The largest absolute Gasteiger partial charge is 0.427 e. The average Bonchev–Trinajstić information content (AvgIpc) is 3.30. The number of fused-ring (bicyclic) bond motifs is 1. The van der Waals surface area contributed by atoms with E-state index in [-0.39, 0.29) is 17.5 Å². The van der Waals surface area contributed by atoms with E-state index >= 15 is 0 Å². The molecule has 4 heterocycles. The summed E-state index contributed by atoms with van der Waals surface area (Å²) in [6.45, 7) is 1.76. The van der Waals surface area contributed by atoms with E-state index in [0.29, 0.717) is 40.1 Å². The van der Waals surface area contributed by atoms with Gasteiger partial charge in [-0.1, -0.05) is 0 Å². The maximum atomic E-state index is 13.0. The molecule has 31 heavy (non-hydrogen) atoms. The number of oxazole rings is 1. The van der Waals surface area contributed by atoms with Gasteiger partial charge in [-0.05, 0) is 31.9 Å². The molecular formula is C20H20N8O3. The molecule has 3 N–H and O–H groups in total. The number of amides is 1.